The third kappa shape index (κ3) is 4.92. The molecule has 0 aliphatic carbocycles. The standard InChI is InChI=1S/C16H14Cl3NO/c17-9-16(21)20(10-12-1-5-14(18)6-2-12)11-13-3-7-15(19)8-4-13/h1-8H,9-11H2. The zero-order valence-electron chi connectivity index (χ0n) is 11.2. The Hall–Kier alpha value is -1.22. The van der Waals surface area contributed by atoms with Crippen molar-refractivity contribution in [2.45, 2.75) is 13.1 Å². The summed E-state index contributed by atoms with van der Waals surface area (Å²) in [6, 6.07) is 14.8. The number of carbonyl (C=O) groups is 1. The summed E-state index contributed by atoms with van der Waals surface area (Å²) in [6.45, 7) is 0.983. The Balaban J connectivity index is 2.12. The Morgan fingerprint density at radius 3 is 1.52 bits per heavy atom. The summed E-state index contributed by atoms with van der Waals surface area (Å²) in [5, 5.41) is 1.35. The van der Waals surface area contributed by atoms with Crippen LogP contribution in [0.5, 0.6) is 0 Å². The summed E-state index contributed by atoms with van der Waals surface area (Å²) in [5.41, 5.74) is 2.01. The van der Waals surface area contributed by atoms with Crippen LogP contribution in [0.1, 0.15) is 11.1 Å². The Morgan fingerprint density at radius 2 is 1.19 bits per heavy atom. The fourth-order valence-electron chi connectivity index (χ4n) is 1.94. The minimum atomic E-state index is -0.110. The van der Waals surface area contributed by atoms with Gasteiger partial charge < -0.3 is 4.90 Å². The average molecular weight is 343 g/mol. The van der Waals surface area contributed by atoms with Gasteiger partial charge >= 0.3 is 0 Å². The van der Waals surface area contributed by atoms with Gasteiger partial charge in [0.25, 0.3) is 0 Å². The van der Waals surface area contributed by atoms with E-state index in [1.165, 1.54) is 0 Å². The number of amides is 1. The molecule has 2 aromatic carbocycles. The van der Waals surface area contributed by atoms with E-state index in [0.717, 1.165) is 11.1 Å². The highest BCUT2D eigenvalue weighted by Gasteiger charge is 2.13. The molecule has 0 bridgehead atoms. The lowest BCUT2D eigenvalue weighted by molar-refractivity contribution is -0.129. The predicted molar refractivity (Wildman–Crippen MR) is 87.9 cm³/mol. The highest BCUT2D eigenvalue weighted by atomic mass is 35.5. The molecular formula is C16H14Cl3NO. The molecule has 0 aromatic heterocycles. The van der Waals surface area contributed by atoms with E-state index in [-0.39, 0.29) is 11.8 Å². The first-order valence-corrected chi connectivity index (χ1v) is 7.70. The van der Waals surface area contributed by atoms with Gasteiger partial charge in [-0.15, -0.1) is 11.6 Å². The van der Waals surface area contributed by atoms with Crippen LogP contribution in [0, 0.1) is 0 Å². The number of benzene rings is 2. The number of hydrogen-bond acceptors (Lipinski definition) is 1. The molecular weight excluding hydrogens is 329 g/mol. The van der Waals surface area contributed by atoms with Crippen molar-refractivity contribution >= 4 is 40.7 Å². The van der Waals surface area contributed by atoms with Crippen molar-refractivity contribution in [3.63, 3.8) is 0 Å². The van der Waals surface area contributed by atoms with Crippen molar-refractivity contribution in [3.8, 4) is 0 Å². The third-order valence-electron chi connectivity index (χ3n) is 3.04. The number of carbonyl (C=O) groups excluding carboxylic acids is 1. The van der Waals surface area contributed by atoms with Gasteiger partial charge in [0.05, 0.1) is 0 Å². The van der Waals surface area contributed by atoms with Crippen LogP contribution in [-0.2, 0) is 17.9 Å². The number of rotatable bonds is 5. The molecule has 0 radical (unpaired) electrons. The number of halogens is 3. The zero-order chi connectivity index (χ0) is 15.2. The Bertz CT molecular complexity index is 548. The van der Waals surface area contributed by atoms with Crippen LogP contribution in [0.25, 0.3) is 0 Å². The Labute approximate surface area is 139 Å². The molecule has 2 rings (SSSR count). The molecule has 1 amide bonds. The largest absolute Gasteiger partial charge is 0.333 e. The quantitative estimate of drug-likeness (QED) is 0.717. The molecule has 0 aliphatic rings. The van der Waals surface area contributed by atoms with Crippen molar-refractivity contribution in [2.24, 2.45) is 0 Å². The molecule has 0 fully saturated rings. The summed E-state index contributed by atoms with van der Waals surface area (Å²) in [7, 11) is 0. The fraction of sp³-hybridized carbons (Fsp3) is 0.188. The first-order valence-electron chi connectivity index (χ1n) is 6.41. The van der Waals surface area contributed by atoms with Crippen LogP contribution in [0.4, 0.5) is 0 Å². The molecule has 0 spiro atoms. The SMILES string of the molecule is O=C(CCl)N(Cc1ccc(Cl)cc1)Cc1ccc(Cl)cc1. The molecule has 0 saturated heterocycles. The van der Waals surface area contributed by atoms with Gasteiger partial charge in [0.15, 0.2) is 0 Å². The predicted octanol–water partition coefficient (Wildman–Crippen LogP) is 4.76. The normalized spacial score (nSPS) is 10.4. The summed E-state index contributed by atoms with van der Waals surface area (Å²) < 4.78 is 0. The fourth-order valence-corrected chi connectivity index (χ4v) is 2.36. The molecule has 110 valence electrons. The molecule has 0 N–H and O–H groups in total. The van der Waals surface area contributed by atoms with Crippen molar-refractivity contribution in [3.05, 3.63) is 69.7 Å². The van der Waals surface area contributed by atoms with Gasteiger partial charge in [0, 0.05) is 23.1 Å². The summed E-state index contributed by atoms with van der Waals surface area (Å²) in [6.07, 6.45) is 0. The van der Waals surface area contributed by atoms with Crippen molar-refractivity contribution in [1.29, 1.82) is 0 Å². The van der Waals surface area contributed by atoms with Crippen LogP contribution in [-0.4, -0.2) is 16.7 Å². The molecule has 2 aromatic rings. The zero-order valence-corrected chi connectivity index (χ0v) is 13.5. The maximum Gasteiger partial charge on any atom is 0.238 e. The second kappa shape index (κ2) is 7.69. The number of nitrogens with zero attached hydrogens (tertiary/aromatic N) is 1. The van der Waals surface area contributed by atoms with Crippen molar-refractivity contribution in [2.75, 3.05) is 5.88 Å². The topological polar surface area (TPSA) is 20.3 Å². The molecule has 0 saturated carbocycles. The summed E-state index contributed by atoms with van der Waals surface area (Å²) >= 11 is 17.4. The van der Waals surface area contributed by atoms with Crippen LogP contribution in [0.2, 0.25) is 10.0 Å². The van der Waals surface area contributed by atoms with Gasteiger partial charge in [-0.05, 0) is 35.4 Å². The molecule has 5 heteroatoms. The van der Waals surface area contributed by atoms with E-state index < -0.39 is 0 Å². The first-order chi connectivity index (χ1) is 10.1. The molecule has 0 atom stereocenters. The van der Waals surface area contributed by atoms with Crippen LogP contribution in [0.3, 0.4) is 0 Å². The molecule has 0 unspecified atom stereocenters. The van der Waals surface area contributed by atoms with Crippen molar-refractivity contribution in [1.82, 2.24) is 4.90 Å². The highest BCUT2D eigenvalue weighted by molar-refractivity contribution is 6.30. The molecule has 0 aliphatic heterocycles. The molecule has 2 nitrogen and oxygen atoms in total. The lowest BCUT2D eigenvalue weighted by Crippen LogP contribution is -2.31. The van der Waals surface area contributed by atoms with E-state index in [1.807, 2.05) is 48.5 Å². The average Bonchev–Trinajstić information content (AvgIpc) is 2.50. The van der Waals surface area contributed by atoms with E-state index in [1.54, 1.807) is 4.90 Å². The second-order valence-corrected chi connectivity index (χ2v) is 5.78. The summed E-state index contributed by atoms with van der Waals surface area (Å²) in [4.78, 5) is 13.7. The summed E-state index contributed by atoms with van der Waals surface area (Å²) in [5.74, 6) is -0.150. The highest BCUT2D eigenvalue weighted by Crippen LogP contribution is 2.16. The number of hydrogen-bond donors (Lipinski definition) is 0. The van der Waals surface area contributed by atoms with E-state index in [0.29, 0.717) is 23.1 Å². The smallest absolute Gasteiger partial charge is 0.238 e. The van der Waals surface area contributed by atoms with Gasteiger partial charge in [-0.2, -0.15) is 0 Å². The maximum atomic E-state index is 12.0. The maximum absolute atomic E-state index is 12.0. The van der Waals surface area contributed by atoms with E-state index in [2.05, 4.69) is 0 Å². The molecule has 0 heterocycles. The van der Waals surface area contributed by atoms with Gasteiger partial charge in [0.1, 0.15) is 5.88 Å². The van der Waals surface area contributed by atoms with Crippen LogP contribution < -0.4 is 0 Å². The first kappa shape index (κ1) is 16.2. The van der Waals surface area contributed by atoms with E-state index in [4.69, 9.17) is 34.8 Å². The van der Waals surface area contributed by atoms with E-state index >= 15 is 0 Å². The molecule has 21 heavy (non-hydrogen) atoms. The van der Waals surface area contributed by atoms with Crippen molar-refractivity contribution < 1.29 is 4.79 Å². The Morgan fingerprint density at radius 1 is 0.810 bits per heavy atom. The number of alkyl halides is 1. The minimum Gasteiger partial charge on any atom is -0.333 e. The van der Waals surface area contributed by atoms with E-state index in [9.17, 15) is 4.79 Å². The van der Waals surface area contributed by atoms with Gasteiger partial charge in [-0.1, -0.05) is 47.5 Å². The van der Waals surface area contributed by atoms with Crippen LogP contribution in [0.15, 0.2) is 48.5 Å². The van der Waals surface area contributed by atoms with Gasteiger partial charge in [0.2, 0.25) is 5.91 Å². The third-order valence-corrected chi connectivity index (χ3v) is 3.77. The minimum absolute atomic E-state index is 0.0405. The Kier molecular flexibility index (Phi) is 5.92. The lowest BCUT2D eigenvalue weighted by Gasteiger charge is -2.22. The second-order valence-electron chi connectivity index (χ2n) is 4.64. The van der Waals surface area contributed by atoms with Crippen LogP contribution >= 0.6 is 34.8 Å². The monoisotopic (exact) mass is 341 g/mol. The van der Waals surface area contributed by atoms with Gasteiger partial charge in [-0.25, -0.2) is 0 Å². The lowest BCUT2D eigenvalue weighted by atomic mass is 10.1. The van der Waals surface area contributed by atoms with Gasteiger partial charge in [-0.3, -0.25) is 4.79 Å².